The lowest BCUT2D eigenvalue weighted by Gasteiger charge is -2.19. The number of rotatable bonds is 14. The number of nitrogens with zero attached hydrogens (tertiary/aromatic N) is 1. The number of hydrogen-bond donors (Lipinski definition) is 2. The van der Waals surface area contributed by atoms with E-state index < -0.39 is 0 Å². The van der Waals surface area contributed by atoms with Crippen molar-refractivity contribution in [1.82, 2.24) is 4.90 Å². The van der Waals surface area contributed by atoms with Crippen LogP contribution in [0.4, 0.5) is 11.4 Å². The SMILES string of the molecule is CCCCCCCOc1cccc(NC(=O)CNc2cccc(C(=O)N(CC)CC)c2)c1. The van der Waals surface area contributed by atoms with E-state index in [2.05, 4.69) is 17.6 Å². The van der Waals surface area contributed by atoms with Crippen LogP contribution in [0.1, 0.15) is 63.2 Å². The molecule has 0 aromatic heterocycles. The lowest BCUT2D eigenvalue weighted by atomic mass is 10.1. The maximum atomic E-state index is 12.5. The molecule has 0 heterocycles. The minimum absolute atomic E-state index is 0.00900. The van der Waals surface area contributed by atoms with E-state index in [-0.39, 0.29) is 18.4 Å². The van der Waals surface area contributed by atoms with Gasteiger partial charge in [-0.15, -0.1) is 0 Å². The normalized spacial score (nSPS) is 10.5. The number of hydrogen-bond acceptors (Lipinski definition) is 4. The van der Waals surface area contributed by atoms with Crippen LogP contribution in [0, 0.1) is 0 Å². The lowest BCUT2D eigenvalue weighted by molar-refractivity contribution is -0.114. The van der Waals surface area contributed by atoms with E-state index in [0.29, 0.717) is 30.9 Å². The smallest absolute Gasteiger partial charge is 0.253 e. The predicted octanol–water partition coefficient (Wildman–Crippen LogP) is 5.57. The standard InChI is InChI=1S/C26H37N3O3/c1-4-7-8-9-10-17-32-24-16-12-15-23(19-24)28-25(30)20-27-22-14-11-13-21(18-22)26(31)29(5-2)6-3/h11-16,18-19,27H,4-10,17,20H2,1-3H3,(H,28,30). The monoisotopic (exact) mass is 439 g/mol. The molecule has 0 spiro atoms. The molecule has 2 rings (SSSR count). The Morgan fingerprint density at radius 2 is 1.59 bits per heavy atom. The Hall–Kier alpha value is -3.02. The minimum Gasteiger partial charge on any atom is -0.494 e. The molecule has 174 valence electrons. The van der Waals surface area contributed by atoms with Crippen LogP contribution in [0.15, 0.2) is 48.5 Å². The van der Waals surface area contributed by atoms with Gasteiger partial charge >= 0.3 is 0 Å². The van der Waals surface area contributed by atoms with Crippen LogP contribution in [-0.4, -0.2) is 43.0 Å². The fraction of sp³-hybridized carbons (Fsp3) is 0.462. The molecule has 6 nitrogen and oxygen atoms in total. The zero-order chi connectivity index (χ0) is 23.2. The van der Waals surface area contributed by atoms with Crippen molar-refractivity contribution in [3.8, 4) is 5.75 Å². The van der Waals surface area contributed by atoms with Gasteiger partial charge in [-0.1, -0.05) is 44.7 Å². The highest BCUT2D eigenvalue weighted by atomic mass is 16.5. The second-order valence-electron chi connectivity index (χ2n) is 7.75. The van der Waals surface area contributed by atoms with Gasteiger partial charge in [0, 0.05) is 36.1 Å². The molecule has 2 amide bonds. The van der Waals surface area contributed by atoms with Crippen LogP contribution in [0.3, 0.4) is 0 Å². The van der Waals surface area contributed by atoms with Crippen molar-refractivity contribution in [1.29, 1.82) is 0 Å². The van der Waals surface area contributed by atoms with Crippen LogP contribution in [0.5, 0.6) is 5.75 Å². The maximum absolute atomic E-state index is 12.5. The van der Waals surface area contributed by atoms with Gasteiger partial charge in [0.25, 0.3) is 5.91 Å². The summed E-state index contributed by atoms with van der Waals surface area (Å²) >= 11 is 0. The van der Waals surface area contributed by atoms with E-state index in [1.165, 1.54) is 25.7 Å². The third-order valence-electron chi connectivity index (χ3n) is 5.25. The van der Waals surface area contributed by atoms with Gasteiger partial charge < -0.3 is 20.3 Å². The number of ether oxygens (including phenoxy) is 1. The molecule has 0 atom stereocenters. The van der Waals surface area contributed by atoms with Gasteiger partial charge in [0.1, 0.15) is 5.75 Å². The average molecular weight is 440 g/mol. The van der Waals surface area contributed by atoms with Gasteiger partial charge in [-0.2, -0.15) is 0 Å². The lowest BCUT2D eigenvalue weighted by Crippen LogP contribution is -2.30. The van der Waals surface area contributed by atoms with E-state index in [4.69, 9.17) is 4.74 Å². The number of unbranched alkanes of at least 4 members (excludes halogenated alkanes) is 4. The Morgan fingerprint density at radius 3 is 2.34 bits per heavy atom. The Kier molecular flexibility index (Phi) is 11.1. The van der Waals surface area contributed by atoms with Crippen molar-refractivity contribution < 1.29 is 14.3 Å². The van der Waals surface area contributed by atoms with Crippen molar-refractivity contribution in [3.05, 3.63) is 54.1 Å². The topological polar surface area (TPSA) is 70.7 Å². The van der Waals surface area contributed by atoms with E-state index in [1.807, 2.05) is 50.2 Å². The summed E-state index contributed by atoms with van der Waals surface area (Å²) in [7, 11) is 0. The van der Waals surface area contributed by atoms with Gasteiger partial charge in [0.05, 0.1) is 13.2 Å². The Bertz CT molecular complexity index is 850. The molecular weight excluding hydrogens is 402 g/mol. The van der Waals surface area contributed by atoms with Crippen molar-refractivity contribution in [2.75, 3.05) is 36.9 Å². The number of nitrogens with one attached hydrogen (secondary N) is 2. The predicted molar refractivity (Wildman–Crippen MR) is 132 cm³/mol. The molecule has 2 N–H and O–H groups in total. The summed E-state index contributed by atoms with van der Waals surface area (Å²) < 4.78 is 5.81. The molecule has 2 aromatic rings. The molecule has 2 aromatic carbocycles. The largest absolute Gasteiger partial charge is 0.494 e. The first kappa shape index (κ1) is 25.2. The number of carbonyl (C=O) groups is 2. The number of anilines is 2. The van der Waals surface area contributed by atoms with E-state index in [0.717, 1.165) is 17.9 Å². The first-order chi connectivity index (χ1) is 15.6. The van der Waals surface area contributed by atoms with Gasteiger partial charge in [-0.05, 0) is 50.6 Å². The quantitative estimate of drug-likeness (QED) is 0.378. The van der Waals surface area contributed by atoms with Crippen LogP contribution >= 0.6 is 0 Å². The molecule has 0 unspecified atom stereocenters. The first-order valence-corrected chi connectivity index (χ1v) is 11.7. The Morgan fingerprint density at radius 1 is 0.875 bits per heavy atom. The van der Waals surface area contributed by atoms with E-state index in [9.17, 15) is 9.59 Å². The molecule has 0 fully saturated rings. The second kappa shape index (κ2) is 14.1. The van der Waals surface area contributed by atoms with Gasteiger partial charge in [-0.3, -0.25) is 9.59 Å². The summed E-state index contributed by atoms with van der Waals surface area (Å²) in [5, 5.41) is 5.98. The Labute approximate surface area is 192 Å². The molecule has 0 saturated heterocycles. The second-order valence-corrected chi connectivity index (χ2v) is 7.75. The van der Waals surface area contributed by atoms with Crippen LogP contribution in [0.25, 0.3) is 0 Å². The van der Waals surface area contributed by atoms with Crippen molar-refractivity contribution >= 4 is 23.2 Å². The van der Waals surface area contributed by atoms with Crippen molar-refractivity contribution in [2.45, 2.75) is 52.9 Å². The number of benzene rings is 2. The first-order valence-electron chi connectivity index (χ1n) is 11.7. The fourth-order valence-corrected chi connectivity index (χ4v) is 3.40. The van der Waals surface area contributed by atoms with E-state index >= 15 is 0 Å². The molecule has 0 radical (unpaired) electrons. The summed E-state index contributed by atoms with van der Waals surface area (Å²) in [6, 6.07) is 14.7. The molecule has 0 aliphatic heterocycles. The highest BCUT2D eigenvalue weighted by Crippen LogP contribution is 2.18. The van der Waals surface area contributed by atoms with Gasteiger partial charge in [0.2, 0.25) is 5.91 Å². The third-order valence-corrected chi connectivity index (χ3v) is 5.25. The number of carbonyl (C=O) groups excluding carboxylic acids is 2. The van der Waals surface area contributed by atoms with Gasteiger partial charge in [0.15, 0.2) is 0 Å². The summed E-state index contributed by atoms with van der Waals surface area (Å²) in [4.78, 5) is 26.7. The zero-order valence-corrected chi connectivity index (χ0v) is 19.7. The summed E-state index contributed by atoms with van der Waals surface area (Å²) in [6.45, 7) is 8.24. The maximum Gasteiger partial charge on any atom is 0.253 e. The molecule has 6 heteroatoms. The third kappa shape index (κ3) is 8.61. The molecule has 0 saturated carbocycles. The zero-order valence-electron chi connectivity index (χ0n) is 19.7. The summed E-state index contributed by atoms with van der Waals surface area (Å²) in [5.41, 5.74) is 2.04. The van der Waals surface area contributed by atoms with Crippen molar-refractivity contribution in [3.63, 3.8) is 0 Å². The van der Waals surface area contributed by atoms with Crippen molar-refractivity contribution in [2.24, 2.45) is 0 Å². The summed E-state index contributed by atoms with van der Waals surface area (Å²) in [6.07, 6.45) is 5.97. The fourth-order valence-electron chi connectivity index (χ4n) is 3.40. The van der Waals surface area contributed by atoms with Crippen LogP contribution < -0.4 is 15.4 Å². The molecule has 0 aliphatic rings. The molecule has 32 heavy (non-hydrogen) atoms. The van der Waals surface area contributed by atoms with Gasteiger partial charge in [-0.25, -0.2) is 0 Å². The number of amides is 2. The highest BCUT2D eigenvalue weighted by molar-refractivity contribution is 5.96. The molecule has 0 bridgehead atoms. The van der Waals surface area contributed by atoms with Crippen LogP contribution in [-0.2, 0) is 4.79 Å². The molecular formula is C26H37N3O3. The highest BCUT2D eigenvalue weighted by Gasteiger charge is 2.13. The van der Waals surface area contributed by atoms with E-state index in [1.54, 1.807) is 17.0 Å². The summed E-state index contributed by atoms with van der Waals surface area (Å²) in [5.74, 6) is 0.585. The van der Waals surface area contributed by atoms with Crippen LogP contribution in [0.2, 0.25) is 0 Å². The Balaban J connectivity index is 1.82. The molecule has 0 aliphatic carbocycles. The minimum atomic E-state index is -0.165. The average Bonchev–Trinajstić information content (AvgIpc) is 2.81.